The molecule has 2 rings (SSSR count). The Morgan fingerprint density at radius 3 is 3.00 bits per heavy atom. The molecule has 1 heterocycles. The molecular weight excluding hydrogens is 250 g/mol. The third-order valence-electron chi connectivity index (χ3n) is 3.55. The van der Waals surface area contributed by atoms with Gasteiger partial charge in [0, 0.05) is 12.6 Å². The fourth-order valence-electron chi connectivity index (χ4n) is 2.41. The Morgan fingerprint density at radius 1 is 1.56 bits per heavy atom. The number of aromatic nitrogens is 2. The fraction of sp³-hybridized carbons (Fsp3) is 0.833. The second kappa shape index (κ2) is 7.01. The number of hydrogen-bond donors (Lipinski definition) is 2. The first-order chi connectivity index (χ1) is 8.75. The molecule has 6 heteroatoms. The van der Waals surface area contributed by atoms with Crippen LogP contribution in [0.1, 0.15) is 32.6 Å². The average molecular weight is 271 g/mol. The van der Waals surface area contributed by atoms with Gasteiger partial charge in [-0.15, -0.1) is 4.37 Å². The highest BCUT2D eigenvalue weighted by Gasteiger charge is 2.21. The van der Waals surface area contributed by atoms with Gasteiger partial charge in [0.25, 0.3) is 0 Å². The van der Waals surface area contributed by atoms with Gasteiger partial charge in [-0.2, -0.15) is 4.37 Å². The summed E-state index contributed by atoms with van der Waals surface area (Å²) in [5.41, 5.74) is 0. The zero-order chi connectivity index (χ0) is 12.8. The molecule has 1 fully saturated rings. The summed E-state index contributed by atoms with van der Waals surface area (Å²) in [6, 6.07) is 0.475. The zero-order valence-electron chi connectivity index (χ0n) is 10.7. The summed E-state index contributed by atoms with van der Waals surface area (Å²) >= 11 is 1.10. The minimum Gasteiger partial charge on any atom is -0.473 e. The molecule has 0 aromatic carbocycles. The summed E-state index contributed by atoms with van der Waals surface area (Å²) in [7, 11) is 0. The second-order valence-electron chi connectivity index (χ2n) is 4.95. The van der Waals surface area contributed by atoms with Crippen molar-refractivity contribution in [3.05, 3.63) is 6.20 Å². The lowest BCUT2D eigenvalue weighted by Crippen LogP contribution is -2.39. The van der Waals surface area contributed by atoms with Crippen molar-refractivity contribution in [3.8, 4) is 5.88 Å². The van der Waals surface area contributed by atoms with E-state index in [1.165, 1.54) is 25.7 Å². The molecule has 5 nitrogen and oxygen atoms in total. The van der Waals surface area contributed by atoms with Crippen LogP contribution in [0.3, 0.4) is 0 Å². The minimum absolute atomic E-state index is 0.260. The van der Waals surface area contributed by atoms with Crippen LogP contribution in [0, 0.1) is 5.92 Å². The Balaban J connectivity index is 1.60. The summed E-state index contributed by atoms with van der Waals surface area (Å²) in [5, 5.41) is 13.2. The standard InChI is InChI=1S/C12H21N3O2S/c1-9(10-4-2-3-5-10)13-6-11(16)8-17-12-7-14-18-15-12/h7,9-11,13,16H,2-6,8H2,1H3. The first-order valence-corrected chi connectivity index (χ1v) is 7.30. The normalized spacial score (nSPS) is 19.9. The van der Waals surface area contributed by atoms with Gasteiger partial charge >= 0.3 is 0 Å². The first kappa shape index (κ1) is 13.7. The number of nitrogens with zero attached hydrogens (tertiary/aromatic N) is 2. The van der Waals surface area contributed by atoms with E-state index in [1.54, 1.807) is 6.20 Å². The van der Waals surface area contributed by atoms with Crippen molar-refractivity contribution < 1.29 is 9.84 Å². The predicted octanol–water partition coefficient (Wildman–Crippen LogP) is 1.45. The lowest BCUT2D eigenvalue weighted by Gasteiger charge is -2.22. The van der Waals surface area contributed by atoms with Crippen LogP contribution in [-0.2, 0) is 0 Å². The first-order valence-electron chi connectivity index (χ1n) is 6.57. The van der Waals surface area contributed by atoms with Crippen LogP contribution in [0.5, 0.6) is 5.88 Å². The molecule has 2 unspecified atom stereocenters. The van der Waals surface area contributed by atoms with Crippen LogP contribution in [0.15, 0.2) is 6.20 Å². The van der Waals surface area contributed by atoms with Crippen LogP contribution in [0.4, 0.5) is 0 Å². The van der Waals surface area contributed by atoms with E-state index in [0.29, 0.717) is 18.5 Å². The van der Waals surface area contributed by atoms with Gasteiger partial charge in [-0.1, -0.05) is 12.8 Å². The number of aliphatic hydroxyl groups excluding tert-OH is 1. The Hall–Kier alpha value is -0.720. The molecule has 1 saturated carbocycles. The molecule has 2 atom stereocenters. The van der Waals surface area contributed by atoms with E-state index in [2.05, 4.69) is 21.0 Å². The maximum atomic E-state index is 9.81. The van der Waals surface area contributed by atoms with Crippen LogP contribution >= 0.6 is 11.7 Å². The molecule has 102 valence electrons. The molecule has 0 spiro atoms. The third-order valence-corrected chi connectivity index (χ3v) is 4.01. The van der Waals surface area contributed by atoms with Crippen LogP contribution in [0.25, 0.3) is 0 Å². The minimum atomic E-state index is -0.504. The summed E-state index contributed by atoms with van der Waals surface area (Å²) in [6.07, 6.45) is 6.37. The van der Waals surface area contributed by atoms with Crippen LogP contribution < -0.4 is 10.1 Å². The third kappa shape index (κ3) is 4.19. The maximum Gasteiger partial charge on any atom is 0.245 e. The van der Waals surface area contributed by atoms with Crippen LogP contribution in [0.2, 0.25) is 0 Å². The zero-order valence-corrected chi connectivity index (χ0v) is 11.5. The summed E-state index contributed by atoms with van der Waals surface area (Å²) in [6.45, 7) is 3.03. The van der Waals surface area contributed by atoms with E-state index in [0.717, 1.165) is 17.6 Å². The van der Waals surface area contributed by atoms with Gasteiger partial charge in [-0.25, -0.2) is 0 Å². The van der Waals surface area contributed by atoms with Crippen molar-refractivity contribution in [1.82, 2.24) is 14.1 Å². The number of ether oxygens (including phenoxy) is 1. The van der Waals surface area contributed by atoms with E-state index in [9.17, 15) is 5.11 Å². The second-order valence-corrected chi connectivity index (χ2v) is 5.51. The SMILES string of the molecule is CC(NCC(O)COc1cnsn1)C1CCCC1. The number of aliphatic hydroxyl groups is 1. The molecule has 1 aliphatic rings. The highest BCUT2D eigenvalue weighted by atomic mass is 32.1. The molecule has 0 bridgehead atoms. The summed E-state index contributed by atoms with van der Waals surface area (Å²) in [5.74, 6) is 1.25. The van der Waals surface area contributed by atoms with E-state index in [1.807, 2.05) is 0 Å². The van der Waals surface area contributed by atoms with Crippen LogP contribution in [-0.4, -0.2) is 39.2 Å². The Labute approximate surface area is 112 Å². The molecule has 0 saturated heterocycles. The lowest BCUT2D eigenvalue weighted by atomic mass is 10.00. The van der Waals surface area contributed by atoms with Gasteiger partial charge < -0.3 is 15.2 Å². The van der Waals surface area contributed by atoms with Crippen molar-refractivity contribution in [2.75, 3.05) is 13.2 Å². The predicted molar refractivity (Wildman–Crippen MR) is 70.8 cm³/mol. The highest BCUT2D eigenvalue weighted by Crippen LogP contribution is 2.27. The average Bonchev–Trinajstić information content (AvgIpc) is 3.05. The van der Waals surface area contributed by atoms with Gasteiger partial charge in [-0.05, 0) is 25.7 Å². The molecule has 18 heavy (non-hydrogen) atoms. The van der Waals surface area contributed by atoms with Gasteiger partial charge in [-0.3, -0.25) is 0 Å². The van der Waals surface area contributed by atoms with Gasteiger partial charge in [0.15, 0.2) is 0 Å². The molecule has 0 aliphatic heterocycles. The van der Waals surface area contributed by atoms with Crippen molar-refractivity contribution in [3.63, 3.8) is 0 Å². The van der Waals surface area contributed by atoms with Crippen molar-refractivity contribution in [2.45, 2.75) is 44.8 Å². The Morgan fingerprint density at radius 2 is 2.33 bits per heavy atom. The highest BCUT2D eigenvalue weighted by molar-refractivity contribution is 6.99. The molecule has 1 aliphatic carbocycles. The van der Waals surface area contributed by atoms with Gasteiger partial charge in [0.2, 0.25) is 5.88 Å². The summed E-state index contributed by atoms with van der Waals surface area (Å²) in [4.78, 5) is 0. The van der Waals surface area contributed by atoms with Gasteiger partial charge in [0.05, 0.1) is 11.7 Å². The lowest BCUT2D eigenvalue weighted by molar-refractivity contribution is 0.0997. The number of hydrogen-bond acceptors (Lipinski definition) is 6. The maximum absolute atomic E-state index is 9.81. The van der Waals surface area contributed by atoms with Crippen molar-refractivity contribution >= 4 is 11.7 Å². The smallest absolute Gasteiger partial charge is 0.245 e. The Kier molecular flexibility index (Phi) is 5.34. The fourth-order valence-corrected chi connectivity index (χ4v) is 2.77. The summed E-state index contributed by atoms with van der Waals surface area (Å²) < 4.78 is 13.1. The molecule has 1 aromatic rings. The molecular formula is C12H21N3O2S. The number of rotatable bonds is 7. The topological polar surface area (TPSA) is 67.3 Å². The number of nitrogens with one attached hydrogen (secondary N) is 1. The largest absolute Gasteiger partial charge is 0.473 e. The quantitative estimate of drug-likeness (QED) is 0.785. The molecule has 0 radical (unpaired) electrons. The monoisotopic (exact) mass is 271 g/mol. The van der Waals surface area contributed by atoms with Crippen molar-refractivity contribution in [2.24, 2.45) is 5.92 Å². The molecule has 0 amide bonds. The molecule has 2 N–H and O–H groups in total. The van der Waals surface area contributed by atoms with E-state index in [-0.39, 0.29) is 6.61 Å². The van der Waals surface area contributed by atoms with Crippen molar-refractivity contribution in [1.29, 1.82) is 0 Å². The molecule has 1 aromatic heterocycles. The van der Waals surface area contributed by atoms with E-state index in [4.69, 9.17) is 4.74 Å². The Bertz CT molecular complexity index is 328. The van der Waals surface area contributed by atoms with E-state index >= 15 is 0 Å². The van der Waals surface area contributed by atoms with Gasteiger partial charge in [0.1, 0.15) is 18.9 Å². The van der Waals surface area contributed by atoms with E-state index < -0.39 is 6.10 Å².